The second kappa shape index (κ2) is 9.67. The summed E-state index contributed by atoms with van der Waals surface area (Å²) in [7, 11) is 3.10. The summed E-state index contributed by atoms with van der Waals surface area (Å²) in [5, 5.41) is 3.53. The van der Waals surface area contributed by atoms with Gasteiger partial charge in [-0.2, -0.15) is 0 Å². The molecule has 0 aromatic heterocycles. The molecule has 8 nitrogen and oxygen atoms in total. The SMILES string of the molecule is COc1ccc(N2C[C@@H](C(=O)Nc3cc(Cl)ccc3N3CCOCC3)CC2=O)cc1OC. The van der Waals surface area contributed by atoms with E-state index >= 15 is 0 Å². The summed E-state index contributed by atoms with van der Waals surface area (Å²) in [5.74, 6) is 0.302. The summed E-state index contributed by atoms with van der Waals surface area (Å²) in [6.07, 6.45) is 0.133. The van der Waals surface area contributed by atoms with Crippen molar-refractivity contribution in [2.75, 3.05) is 62.2 Å². The first-order chi connectivity index (χ1) is 15.5. The number of anilines is 3. The highest BCUT2D eigenvalue weighted by Crippen LogP contribution is 2.35. The number of carbonyl (C=O) groups excluding carboxylic acids is 2. The van der Waals surface area contributed by atoms with Crippen molar-refractivity contribution in [2.45, 2.75) is 6.42 Å². The van der Waals surface area contributed by atoms with Crippen molar-refractivity contribution in [3.63, 3.8) is 0 Å². The molecule has 0 unspecified atom stereocenters. The fourth-order valence-corrected chi connectivity index (χ4v) is 4.22. The number of nitrogens with zero attached hydrogens (tertiary/aromatic N) is 2. The third-order valence-corrected chi connectivity index (χ3v) is 5.98. The molecule has 2 aliphatic rings. The zero-order valence-corrected chi connectivity index (χ0v) is 18.9. The lowest BCUT2D eigenvalue weighted by atomic mass is 10.1. The lowest BCUT2D eigenvalue weighted by Crippen LogP contribution is -2.37. The van der Waals surface area contributed by atoms with Gasteiger partial charge >= 0.3 is 0 Å². The van der Waals surface area contributed by atoms with Gasteiger partial charge in [-0.15, -0.1) is 0 Å². The first-order valence-corrected chi connectivity index (χ1v) is 10.8. The van der Waals surface area contributed by atoms with Crippen LogP contribution < -0.4 is 24.6 Å². The molecule has 2 aromatic carbocycles. The largest absolute Gasteiger partial charge is 0.493 e. The molecule has 2 saturated heterocycles. The Morgan fingerprint density at radius 1 is 1.09 bits per heavy atom. The first kappa shape index (κ1) is 22.2. The van der Waals surface area contributed by atoms with Gasteiger partial charge in [0.1, 0.15) is 0 Å². The number of rotatable bonds is 6. The van der Waals surface area contributed by atoms with Gasteiger partial charge in [0.05, 0.1) is 44.7 Å². The minimum absolute atomic E-state index is 0.114. The molecule has 32 heavy (non-hydrogen) atoms. The molecule has 4 rings (SSSR count). The average molecular weight is 460 g/mol. The normalized spacial score (nSPS) is 18.6. The maximum Gasteiger partial charge on any atom is 0.229 e. The van der Waals surface area contributed by atoms with E-state index in [9.17, 15) is 9.59 Å². The van der Waals surface area contributed by atoms with E-state index in [1.807, 2.05) is 6.07 Å². The summed E-state index contributed by atoms with van der Waals surface area (Å²) in [5.41, 5.74) is 2.20. The molecular weight excluding hydrogens is 434 g/mol. The number of methoxy groups -OCH3 is 2. The number of carbonyl (C=O) groups is 2. The van der Waals surface area contributed by atoms with E-state index in [4.69, 9.17) is 25.8 Å². The smallest absolute Gasteiger partial charge is 0.229 e. The van der Waals surface area contributed by atoms with E-state index in [2.05, 4.69) is 10.2 Å². The summed E-state index contributed by atoms with van der Waals surface area (Å²) in [6, 6.07) is 10.7. The van der Waals surface area contributed by atoms with Crippen molar-refractivity contribution in [2.24, 2.45) is 5.92 Å². The Kier molecular flexibility index (Phi) is 6.72. The molecule has 170 valence electrons. The summed E-state index contributed by atoms with van der Waals surface area (Å²) < 4.78 is 16.0. The molecule has 1 N–H and O–H groups in total. The predicted octanol–water partition coefficient (Wildman–Crippen LogP) is 3.19. The van der Waals surface area contributed by atoms with Crippen molar-refractivity contribution in [3.8, 4) is 11.5 Å². The van der Waals surface area contributed by atoms with Crippen LogP contribution in [-0.2, 0) is 14.3 Å². The highest BCUT2D eigenvalue weighted by atomic mass is 35.5. The lowest BCUT2D eigenvalue weighted by molar-refractivity contribution is -0.122. The second-order valence-corrected chi connectivity index (χ2v) is 8.13. The highest BCUT2D eigenvalue weighted by Gasteiger charge is 2.36. The first-order valence-electron chi connectivity index (χ1n) is 10.5. The Morgan fingerprint density at radius 2 is 1.84 bits per heavy atom. The fourth-order valence-electron chi connectivity index (χ4n) is 4.05. The zero-order valence-electron chi connectivity index (χ0n) is 18.1. The molecule has 9 heteroatoms. The van der Waals surface area contributed by atoms with Gasteiger partial charge < -0.3 is 29.3 Å². The Labute approximate surface area is 192 Å². The quantitative estimate of drug-likeness (QED) is 0.714. The number of hydrogen-bond acceptors (Lipinski definition) is 6. The number of amides is 2. The third-order valence-electron chi connectivity index (χ3n) is 5.74. The molecule has 0 radical (unpaired) electrons. The molecule has 2 amide bonds. The summed E-state index contributed by atoms with van der Waals surface area (Å²) in [6.45, 7) is 3.02. The van der Waals surface area contributed by atoms with Crippen LogP contribution in [0.1, 0.15) is 6.42 Å². The van der Waals surface area contributed by atoms with Crippen LogP contribution in [0.25, 0.3) is 0 Å². The number of nitrogens with one attached hydrogen (secondary N) is 1. The van der Waals surface area contributed by atoms with Gasteiger partial charge in [0.2, 0.25) is 11.8 Å². The van der Waals surface area contributed by atoms with Crippen LogP contribution in [0, 0.1) is 5.92 Å². The second-order valence-electron chi connectivity index (χ2n) is 7.69. The Hall–Kier alpha value is -2.97. The molecule has 2 aromatic rings. The van der Waals surface area contributed by atoms with E-state index in [1.165, 1.54) is 0 Å². The van der Waals surface area contributed by atoms with Gasteiger partial charge in [0.25, 0.3) is 0 Å². The molecule has 0 bridgehead atoms. The summed E-state index contributed by atoms with van der Waals surface area (Å²) in [4.78, 5) is 29.5. The molecule has 2 fully saturated rings. The number of halogens is 1. The third kappa shape index (κ3) is 4.61. The van der Waals surface area contributed by atoms with Crippen LogP contribution in [0.4, 0.5) is 17.1 Å². The van der Waals surface area contributed by atoms with Gasteiger partial charge in [0.15, 0.2) is 11.5 Å². The molecular formula is C23H26ClN3O5. The zero-order chi connectivity index (χ0) is 22.7. The number of ether oxygens (including phenoxy) is 3. The molecule has 0 aliphatic carbocycles. The molecule has 0 saturated carbocycles. The molecule has 1 atom stereocenters. The van der Waals surface area contributed by atoms with Crippen molar-refractivity contribution in [1.29, 1.82) is 0 Å². The van der Waals surface area contributed by atoms with Gasteiger partial charge in [-0.05, 0) is 30.3 Å². The van der Waals surface area contributed by atoms with Crippen molar-refractivity contribution in [3.05, 3.63) is 41.4 Å². The number of benzene rings is 2. The lowest BCUT2D eigenvalue weighted by Gasteiger charge is -2.30. The number of hydrogen-bond donors (Lipinski definition) is 1. The molecule has 2 heterocycles. The Bertz CT molecular complexity index is 1010. The Morgan fingerprint density at radius 3 is 2.56 bits per heavy atom. The van der Waals surface area contributed by atoms with Gasteiger partial charge in [-0.3, -0.25) is 9.59 Å². The minimum Gasteiger partial charge on any atom is -0.493 e. The minimum atomic E-state index is -0.480. The summed E-state index contributed by atoms with van der Waals surface area (Å²) >= 11 is 6.20. The Balaban J connectivity index is 1.50. The van der Waals surface area contributed by atoms with Crippen LogP contribution in [0.3, 0.4) is 0 Å². The van der Waals surface area contributed by atoms with Gasteiger partial charge in [-0.1, -0.05) is 11.6 Å². The standard InChI is InChI=1S/C23H26ClN3O5/c1-30-20-6-4-17(13-21(20)31-2)27-14-15(11-22(27)28)23(29)25-18-12-16(24)3-5-19(18)26-7-9-32-10-8-26/h3-6,12-13,15H,7-11,14H2,1-2H3,(H,25,29)/t15-/m0/s1. The van der Waals surface area contributed by atoms with Crippen molar-refractivity contribution >= 4 is 40.5 Å². The van der Waals surface area contributed by atoms with Gasteiger partial charge in [0, 0.05) is 42.8 Å². The van der Waals surface area contributed by atoms with Crippen LogP contribution in [0.2, 0.25) is 5.02 Å². The van der Waals surface area contributed by atoms with E-state index in [0.29, 0.717) is 41.1 Å². The van der Waals surface area contributed by atoms with Crippen LogP contribution in [-0.4, -0.2) is 58.9 Å². The van der Waals surface area contributed by atoms with E-state index < -0.39 is 5.92 Å². The monoisotopic (exact) mass is 459 g/mol. The average Bonchev–Trinajstić information content (AvgIpc) is 3.21. The topological polar surface area (TPSA) is 80.3 Å². The predicted molar refractivity (Wildman–Crippen MR) is 123 cm³/mol. The van der Waals surface area contributed by atoms with Crippen LogP contribution in [0.5, 0.6) is 11.5 Å². The maximum atomic E-state index is 13.1. The van der Waals surface area contributed by atoms with Crippen molar-refractivity contribution < 1.29 is 23.8 Å². The van der Waals surface area contributed by atoms with E-state index in [1.54, 1.807) is 49.5 Å². The van der Waals surface area contributed by atoms with Gasteiger partial charge in [-0.25, -0.2) is 0 Å². The van der Waals surface area contributed by atoms with E-state index in [0.717, 1.165) is 18.8 Å². The molecule has 0 spiro atoms. The van der Waals surface area contributed by atoms with Crippen molar-refractivity contribution in [1.82, 2.24) is 0 Å². The van der Waals surface area contributed by atoms with E-state index in [-0.39, 0.29) is 24.8 Å². The fraction of sp³-hybridized carbons (Fsp3) is 0.391. The van der Waals surface area contributed by atoms with Crippen LogP contribution >= 0.6 is 11.6 Å². The maximum absolute atomic E-state index is 13.1. The molecule has 2 aliphatic heterocycles. The van der Waals surface area contributed by atoms with Crippen LogP contribution in [0.15, 0.2) is 36.4 Å². The number of morpholine rings is 1. The highest BCUT2D eigenvalue weighted by molar-refractivity contribution is 6.31.